The predicted molar refractivity (Wildman–Crippen MR) is 172 cm³/mol. The van der Waals surface area contributed by atoms with Gasteiger partial charge in [-0.3, -0.25) is 9.36 Å². The van der Waals surface area contributed by atoms with Gasteiger partial charge in [0.25, 0.3) is 5.56 Å². The Bertz CT molecular complexity index is 1420. The highest BCUT2D eigenvalue weighted by atomic mass is 79.9. The summed E-state index contributed by atoms with van der Waals surface area (Å²) in [4.78, 5) is 33.2. The molecule has 8 nitrogen and oxygen atoms in total. The topological polar surface area (TPSA) is 82.9 Å². The van der Waals surface area contributed by atoms with Gasteiger partial charge in [-0.1, -0.05) is 69.6 Å². The molecule has 0 spiro atoms. The number of hydrogen-bond acceptors (Lipinski definition) is 7. The Morgan fingerprint density at radius 2 is 1.36 bits per heavy atom. The first-order valence-corrected chi connectivity index (χ1v) is 14.7. The number of nitrogens with zero attached hydrogens (tertiary/aromatic N) is 3. The summed E-state index contributed by atoms with van der Waals surface area (Å²) in [5, 5.41) is 0.320. The fourth-order valence-electron chi connectivity index (χ4n) is 3.95. The third-order valence-electron chi connectivity index (χ3n) is 5.88. The van der Waals surface area contributed by atoms with Crippen LogP contribution in [0.15, 0.2) is 82.3 Å². The molecule has 4 rings (SSSR count). The summed E-state index contributed by atoms with van der Waals surface area (Å²) in [5.41, 5.74) is 1.42. The zero-order valence-electron chi connectivity index (χ0n) is 25.0. The van der Waals surface area contributed by atoms with Crippen molar-refractivity contribution in [2.45, 2.75) is 40.8 Å². The summed E-state index contributed by atoms with van der Waals surface area (Å²) in [5.74, 6) is 0.825. The Hall–Kier alpha value is -3.82. The number of ether oxygens (including phenoxy) is 3. The second-order valence-electron chi connectivity index (χ2n) is 8.23. The van der Waals surface area contributed by atoms with E-state index in [9.17, 15) is 9.59 Å². The predicted octanol–water partition coefficient (Wildman–Crippen LogP) is 7.71. The summed E-state index contributed by atoms with van der Waals surface area (Å²) in [7, 11) is 4.43. The fraction of sp³-hybridized carbons (Fsp3) is 0.281. The van der Waals surface area contributed by atoms with Crippen molar-refractivity contribution < 1.29 is 19.0 Å². The Morgan fingerprint density at radius 1 is 0.857 bits per heavy atom. The zero-order valence-corrected chi connectivity index (χ0v) is 27.3. The minimum absolute atomic E-state index is 0.188. The molecule has 0 fully saturated rings. The average molecular weight is 659 g/mol. The van der Waals surface area contributed by atoms with Crippen LogP contribution in [0, 0.1) is 0 Å². The van der Waals surface area contributed by atoms with E-state index in [1.165, 1.54) is 18.0 Å². The number of esters is 1. The van der Waals surface area contributed by atoms with Gasteiger partial charge in [-0.2, -0.15) is 0 Å². The molecule has 0 bridgehead atoms. The van der Waals surface area contributed by atoms with Gasteiger partial charge in [0, 0.05) is 17.6 Å². The Kier molecular flexibility index (Phi) is 14.1. The number of anilines is 1. The third kappa shape index (κ3) is 8.36. The maximum Gasteiger partial charge on any atom is 0.347 e. The van der Waals surface area contributed by atoms with E-state index in [1.807, 2.05) is 81.1 Å². The van der Waals surface area contributed by atoms with Crippen molar-refractivity contribution in [3.63, 3.8) is 0 Å². The van der Waals surface area contributed by atoms with Crippen LogP contribution < -0.4 is 19.9 Å². The first kappa shape index (κ1) is 34.4. The van der Waals surface area contributed by atoms with Gasteiger partial charge >= 0.3 is 5.97 Å². The lowest BCUT2D eigenvalue weighted by Gasteiger charge is -2.26. The molecular formula is C32H37BrClN3O5. The largest absolute Gasteiger partial charge is 0.497 e. The van der Waals surface area contributed by atoms with Gasteiger partial charge in [0.15, 0.2) is 11.4 Å². The van der Waals surface area contributed by atoms with Gasteiger partial charge in [-0.15, -0.1) is 0 Å². The summed E-state index contributed by atoms with van der Waals surface area (Å²) < 4.78 is 17.4. The summed E-state index contributed by atoms with van der Waals surface area (Å²) in [6.45, 7) is 8.71. The van der Waals surface area contributed by atoms with Crippen molar-refractivity contribution >= 4 is 39.3 Å². The van der Waals surface area contributed by atoms with E-state index in [2.05, 4.69) is 20.9 Å². The Labute approximate surface area is 261 Å². The van der Waals surface area contributed by atoms with Crippen molar-refractivity contribution in [2.75, 3.05) is 26.2 Å². The number of hydrogen-bond donors (Lipinski definition) is 0. The summed E-state index contributed by atoms with van der Waals surface area (Å²) >= 11 is 9.84. The molecule has 4 aromatic rings. The van der Waals surface area contributed by atoms with Crippen LogP contribution in [0.25, 0.3) is 5.69 Å². The lowest BCUT2D eigenvalue weighted by molar-refractivity contribution is 0.0598. The van der Waals surface area contributed by atoms with Crippen LogP contribution in [0.2, 0.25) is 5.02 Å². The first-order valence-electron chi connectivity index (χ1n) is 13.5. The van der Waals surface area contributed by atoms with Crippen molar-refractivity contribution in [2.24, 2.45) is 0 Å². The third-order valence-corrected chi connectivity index (χ3v) is 6.83. The number of rotatable bonds is 9. The van der Waals surface area contributed by atoms with E-state index < -0.39 is 11.5 Å². The minimum Gasteiger partial charge on any atom is -0.497 e. The molecule has 0 saturated carbocycles. The molecule has 0 aliphatic heterocycles. The van der Waals surface area contributed by atoms with Gasteiger partial charge < -0.3 is 19.1 Å². The van der Waals surface area contributed by atoms with Crippen molar-refractivity contribution in [3.8, 4) is 17.2 Å². The monoisotopic (exact) mass is 657 g/mol. The lowest BCUT2D eigenvalue weighted by atomic mass is 10.1. The molecule has 0 radical (unpaired) electrons. The first-order chi connectivity index (χ1) is 20.4. The maximum absolute atomic E-state index is 13.8. The minimum atomic E-state index is -0.801. The van der Waals surface area contributed by atoms with E-state index in [0.29, 0.717) is 28.3 Å². The summed E-state index contributed by atoms with van der Waals surface area (Å²) in [6.07, 6.45) is 1.37. The average Bonchev–Trinajstić information content (AvgIpc) is 3.03. The van der Waals surface area contributed by atoms with Crippen molar-refractivity contribution in [3.05, 3.63) is 110 Å². The molecule has 42 heavy (non-hydrogen) atoms. The second-order valence-corrected chi connectivity index (χ2v) is 9.49. The number of halogens is 2. The zero-order chi connectivity index (χ0) is 31.2. The van der Waals surface area contributed by atoms with E-state index in [-0.39, 0.29) is 11.4 Å². The molecule has 224 valence electrons. The molecule has 1 aromatic heterocycles. The number of para-hydroxylation sites is 1. The van der Waals surface area contributed by atoms with Crippen LogP contribution in [0.1, 0.15) is 49.2 Å². The molecule has 0 amide bonds. The lowest BCUT2D eigenvalue weighted by Crippen LogP contribution is -2.33. The highest BCUT2D eigenvalue weighted by Crippen LogP contribution is 2.29. The van der Waals surface area contributed by atoms with E-state index >= 15 is 0 Å². The van der Waals surface area contributed by atoms with Crippen LogP contribution in [0.3, 0.4) is 0 Å². The number of carbonyl (C=O) groups excluding carboxylic acids is 1. The van der Waals surface area contributed by atoms with Gasteiger partial charge in [0.2, 0.25) is 0 Å². The van der Waals surface area contributed by atoms with Gasteiger partial charge in [-0.25, -0.2) is 9.78 Å². The van der Waals surface area contributed by atoms with Gasteiger partial charge in [0.05, 0.1) is 32.0 Å². The summed E-state index contributed by atoms with van der Waals surface area (Å²) in [6, 6.07) is 20.2. The molecule has 3 aromatic carbocycles. The van der Waals surface area contributed by atoms with Gasteiger partial charge in [0.1, 0.15) is 17.8 Å². The van der Waals surface area contributed by atoms with Crippen LogP contribution in [0.5, 0.6) is 11.5 Å². The highest BCUT2D eigenvalue weighted by Gasteiger charge is 2.26. The molecule has 0 aliphatic carbocycles. The Morgan fingerprint density at radius 3 is 1.79 bits per heavy atom. The van der Waals surface area contributed by atoms with Crippen LogP contribution in [-0.2, 0) is 17.8 Å². The van der Waals surface area contributed by atoms with Crippen LogP contribution >= 0.6 is 27.5 Å². The smallest absolute Gasteiger partial charge is 0.347 e. The Balaban J connectivity index is 0.00000148. The van der Waals surface area contributed by atoms with E-state index in [1.54, 1.807) is 32.4 Å². The highest BCUT2D eigenvalue weighted by molar-refractivity contribution is 9.10. The molecule has 0 aliphatic rings. The molecule has 0 saturated heterocycles. The number of benzene rings is 3. The number of carbonyl (C=O) groups is 1. The van der Waals surface area contributed by atoms with E-state index in [4.69, 9.17) is 25.8 Å². The second kappa shape index (κ2) is 17.2. The van der Waals surface area contributed by atoms with Crippen LogP contribution in [0.4, 0.5) is 5.82 Å². The van der Waals surface area contributed by atoms with E-state index in [0.717, 1.165) is 22.6 Å². The SMILES string of the molecule is CC.CC.COC(=O)c1c(N(Cc2ccc(OC)cc2)Cc2ccc(OC)cc2)ncn(-c2c(Cl)cccc2Br)c1=O. The van der Waals surface area contributed by atoms with Crippen molar-refractivity contribution in [1.82, 2.24) is 9.55 Å². The van der Waals surface area contributed by atoms with Gasteiger partial charge in [-0.05, 0) is 63.5 Å². The van der Waals surface area contributed by atoms with Crippen molar-refractivity contribution in [1.29, 1.82) is 0 Å². The molecular weight excluding hydrogens is 622 g/mol. The number of methoxy groups -OCH3 is 3. The standard InChI is InChI=1S/C28H25BrClN3O5.2C2H6/c1-36-20-11-7-18(8-12-20)15-32(16-19-9-13-21(37-2)14-10-19)26-24(28(35)38-3)27(34)33(17-31-26)25-22(29)5-4-6-23(25)30;2*1-2/h4-14,17H,15-16H2,1-3H3;2*1-2H3. The number of aromatic nitrogens is 2. The molecule has 0 N–H and O–H groups in total. The molecule has 0 atom stereocenters. The molecule has 10 heteroatoms. The quantitative estimate of drug-likeness (QED) is 0.170. The maximum atomic E-state index is 13.8. The van der Waals surface area contributed by atoms with Crippen LogP contribution in [-0.4, -0.2) is 36.8 Å². The molecule has 0 unspecified atom stereocenters. The fourth-order valence-corrected chi connectivity index (χ4v) is 4.89. The molecule has 1 heterocycles. The normalized spacial score (nSPS) is 9.93.